The first-order valence-corrected chi connectivity index (χ1v) is 11.2. The van der Waals surface area contributed by atoms with Crippen LogP contribution in [0.3, 0.4) is 0 Å². The molecule has 2 unspecified atom stereocenters. The summed E-state index contributed by atoms with van der Waals surface area (Å²) in [6, 6.07) is 12.5. The van der Waals surface area contributed by atoms with Crippen molar-refractivity contribution in [3.63, 3.8) is 0 Å². The van der Waals surface area contributed by atoms with Gasteiger partial charge >= 0.3 is 0 Å². The summed E-state index contributed by atoms with van der Waals surface area (Å²) in [5.74, 6) is -0.504. The fourth-order valence-corrected chi connectivity index (χ4v) is 4.25. The number of carbonyl (C=O) groups is 1. The molecule has 2 atom stereocenters. The van der Waals surface area contributed by atoms with Gasteiger partial charge in [-0.3, -0.25) is 4.79 Å². The van der Waals surface area contributed by atoms with Gasteiger partial charge in [-0.25, -0.2) is 0 Å². The average molecular weight is 418 g/mol. The summed E-state index contributed by atoms with van der Waals surface area (Å²) in [6.45, 7) is 12.6. The zero-order chi connectivity index (χ0) is 22.6. The summed E-state index contributed by atoms with van der Waals surface area (Å²) < 4.78 is 0. The number of likely N-dealkylation sites (tertiary alicyclic amines) is 1. The Bertz CT molecular complexity index is 1000. The molecule has 1 fully saturated rings. The van der Waals surface area contributed by atoms with E-state index in [-0.39, 0.29) is 5.78 Å². The van der Waals surface area contributed by atoms with Crippen molar-refractivity contribution in [1.82, 2.24) is 4.90 Å². The molecule has 0 radical (unpaired) electrons. The van der Waals surface area contributed by atoms with E-state index < -0.39 is 11.5 Å². The van der Waals surface area contributed by atoms with E-state index in [1.165, 1.54) is 22.3 Å². The van der Waals surface area contributed by atoms with Crippen LogP contribution in [0, 0.1) is 33.6 Å². The SMILES string of the molecule is CCN1CCC(O)(/C=C/c2ccc(C)cc2C)C(C(=O)C=Cc2ccc(C)c(C)c2)C1. The van der Waals surface area contributed by atoms with Gasteiger partial charge in [-0.05, 0) is 74.6 Å². The summed E-state index contributed by atoms with van der Waals surface area (Å²) >= 11 is 0. The first-order chi connectivity index (χ1) is 14.7. The molecule has 1 heterocycles. The highest BCUT2D eigenvalue weighted by Crippen LogP contribution is 2.32. The van der Waals surface area contributed by atoms with Crippen LogP contribution in [0.25, 0.3) is 12.2 Å². The third kappa shape index (κ3) is 5.61. The van der Waals surface area contributed by atoms with Crippen LogP contribution in [-0.4, -0.2) is 41.0 Å². The van der Waals surface area contributed by atoms with E-state index in [0.717, 1.165) is 24.2 Å². The number of piperidine rings is 1. The van der Waals surface area contributed by atoms with Gasteiger partial charge in [0.2, 0.25) is 0 Å². The molecule has 1 aliphatic heterocycles. The molecule has 0 bridgehead atoms. The van der Waals surface area contributed by atoms with Crippen LogP contribution in [0.15, 0.2) is 48.6 Å². The van der Waals surface area contributed by atoms with Crippen LogP contribution in [0.5, 0.6) is 0 Å². The van der Waals surface area contributed by atoms with Gasteiger partial charge in [0.1, 0.15) is 0 Å². The van der Waals surface area contributed by atoms with E-state index in [1.807, 2.05) is 24.3 Å². The van der Waals surface area contributed by atoms with Crippen LogP contribution in [0.2, 0.25) is 0 Å². The fraction of sp³-hybridized carbons (Fsp3) is 0.393. The van der Waals surface area contributed by atoms with Crippen LogP contribution >= 0.6 is 0 Å². The summed E-state index contributed by atoms with van der Waals surface area (Å²) in [5.41, 5.74) is 5.77. The smallest absolute Gasteiger partial charge is 0.163 e. The standard InChI is InChI=1S/C28H35NO2/c1-6-29-16-15-28(31,14-13-25-11-7-20(2)17-23(25)5)26(19-29)27(30)12-10-24-9-8-21(3)22(4)18-24/h7-14,17-18,26,31H,6,15-16,19H2,1-5H3/b12-10?,14-13+. The second-order valence-corrected chi connectivity index (χ2v) is 8.96. The average Bonchev–Trinajstić information content (AvgIpc) is 2.74. The summed E-state index contributed by atoms with van der Waals surface area (Å²) in [4.78, 5) is 15.5. The van der Waals surface area contributed by atoms with Gasteiger partial charge in [0.25, 0.3) is 0 Å². The molecule has 2 aromatic rings. The second-order valence-electron chi connectivity index (χ2n) is 8.96. The van der Waals surface area contributed by atoms with Crippen molar-refractivity contribution in [2.45, 2.75) is 46.6 Å². The number of aryl methyl sites for hydroxylation is 4. The molecule has 0 saturated carbocycles. The molecule has 0 spiro atoms. The Kier molecular flexibility index (Phi) is 7.30. The molecular formula is C28H35NO2. The van der Waals surface area contributed by atoms with E-state index in [9.17, 15) is 9.90 Å². The lowest BCUT2D eigenvalue weighted by molar-refractivity contribution is -0.129. The molecule has 3 nitrogen and oxygen atoms in total. The number of carbonyl (C=O) groups excluding carboxylic acids is 1. The number of rotatable bonds is 6. The highest BCUT2D eigenvalue weighted by atomic mass is 16.3. The number of hydrogen-bond donors (Lipinski definition) is 1. The second kappa shape index (κ2) is 9.76. The molecule has 164 valence electrons. The molecule has 31 heavy (non-hydrogen) atoms. The van der Waals surface area contributed by atoms with Gasteiger partial charge in [0, 0.05) is 13.1 Å². The number of allylic oxidation sites excluding steroid dienone is 1. The number of hydrogen-bond acceptors (Lipinski definition) is 3. The first kappa shape index (κ1) is 23.2. The molecule has 3 rings (SSSR count). The first-order valence-electron chi connectivity index (χ1n) is 11.2. The number of ketones is 1. The predicted octanol–water partition coefficient (Wildman–Crippen LogP) is 5.29. The summed E-state index contributed by atoms with van der Waals surface area (Å²) in [7, 11) is 0. The fourth-order valence-electron chi connectivity index (χ4n) is 4.25. The normalized spacial score (nSPS) is 22.5. The van der Waals surface area contributed by atoms with E-state index in [1.54, 1.807) is 6.08 Å². The monoisotopic (exact) mass is 417 g/mol. The van der Waals surface area contributed by atoms with Crippen LogP contribution in [-0.2, 0) is 4.79 Å². The summed E-state index contributed by atoms with van der Waals surface area (Å²) in [6.07, 6.45) is 7.89. The zero-order valence-corrected chi connectivity index (χ0v) is 19.5. The number of aliphatic hydroxyl groups is 1. The van der Waals surface area contributed by atoms with E-state index in [4.69, 9.17) is 0 Å². The molecular weight excluding hydrogens is 382 g/mol. The number of benzene rings is 2. The van der Waals surface area contributed by atoms with Crippen molar-refractivity contribution in [2.75, 3.05) is 19.6 Å². The van der Waals surface area contributed by atoms with Crippen molar-refractivity contribution in [3.8, 4) is 0 Å². The van der Waals surface area contributed by atoms with Gasteiger partial charge in [-0.2, -0.15) is 0 Å². The number of nitrogens with zero attached hydrogens (tertiary/aromatic N) is 1. The lowest BCUT2D eigenvalue weighted by atomic mass is 9.77. The highest BCUT2D eigenvalue weighted by molar-refractivity contribution is 5.96. The summed E-state index contributed by atoms with van der Waals surface area (Å²) in [5, 5.41) is 11.5. The minimum absolute atomic E-state index is 0.0239. The third-order valence-electron chi connectivity index (χ3n) is 6.61. The largest absolute Gasteiger partial charge is 0.385 e. The topological polar surface area (TPSA) is 40.5 Å². The molecule has 0 aliphatic carbocycles. The third-order valence-corrected chi connectivity index (χ3v) is 6.61. The Hall–Kier alpha value is -2.49. The van der Waals surface area contributed by atoms with E-state index >= 15 is 0 Å². The Balaban J connectivity index is 1.85. The van der Waals surface area contributed by atoms with Crippen LogP contribution in [0.1, 0.15) is 46.7 Å². The lowest BCUT2D eigenvalue weighted by Gasteiger charge is -2.41. The van der Waals surface area contributed by atoms with E-state index in [0.29, 0.717) is 13.0 Å². The lowest BCUT2D eigenvalue weighted by Crippen LogP contribution is -2.53. The molecule has 1 aliphatic rings. The molecule has 1 saturated heterocycles. The maximum absolute atomic E-state index is 13.2. The zero-order valence-electron chi connectivity index (χ0n) is 19.5. The Morgan fingerprint density at radius 2 is 1.84 bits per heavy atom. The molecule has 0 aromatic heterocycles. The van der Waals surface area contributed by atoms with Gasteiger partial charge in [0.05, 0.1) is 11.5 Å². The highest BCUT2D eigenvalue weighted by Gasteiger charge is 2.42. The van der Waals surface area contributed by atoms with Crippen LogP contribution < -0.4 is 0 Å². The Morgan fingerprint density at radius 3 is 2.52 bits per heavy atom. The Morgan fingerprint density at radius 1 is 1.06 bits per heavy atom. The van der Waals surface area contributed by atoms with Crippen molar-refractivity contribution in [2.24, 2.45) is 5.92 Å². The molecule has 0 amide bonds. The maximum atomic E-state index is 13.2. The van der Waals surface area contributed by atoms with Crippen LogP contribution in [0.4, 0.5) is 0 Å². The quantitative estimate of drug-likeness (QED) is 0.649. The minimum atomic E-state index is -1.15. The van der Waals surface area contributed by atoms with Crippen molar-refractivity contribution in [1.29, 1.82) is 0 Å². The van der Waals surface area contributed by atoms with Gasteiger partial charge < -0.3 is 10.0 Å². The molecule has 1 N–H and O–H groups in total. The predicted molar refractivity (Wildman–Crippen MR) is 130 cm³/mol. The molecule has 3 heteroatoms. The van der Waals surface area contributed by atoms with Crippen molar-refractivity contribution < 1.29 is 9.90 Å². The van der Waals surface area contributed by atoms with Gasteiger partial charge in [-0.1, -0.05) is 67.1 Å². The van der Waals surface area contributed by atoms with Gasteiger partial charge in [0.15, 0.2) is 5.78 Å². The van der Waals surface area contributed by atoms with Crippen molar-refractivity contribution in [3.05, 3.63) is 81.9 Å². The van der Waals surface area contributed by atoms with Crippen molar-refractivity contribution >= 4 is 17.9 Å². The minimum Gasteiger partial charge on any atom is -0.385 e. The maximum Gasteiger partial charge on any atom is 0.163 e. The Labute approximate surface area is 187 Å². The van der Waals surface area contributed by atoms with Gasteiger partial charge in [-0.15, -0.1) is 0 Å². The molecule has 2 aromatic carbocycles. The van der Waals surface area contributed by atoms with E-state index in [2.05, 4.69) is 69.9 Å².